The van der Waals surface area contributed by atoms with Gasteiger partial charge in [-0.15, -0.1) is 11.3 Å². The topological polar surface area (TPSA) is 88.1 Å². The highest BCUT2D eigenvalue weighted by Crippen LogP contribution is 2.34. The summed E-state index contributed by atoms with van der Waals surface area (Å²) in [5, 5.41) is 8.60. The van der Waals surface area contributed by atoms with Gasteiger partial charge in [-0.3, -0.25) is 9.59 Å². The van der Waals surface area contributed by atoms with Gasteiger partial charge in [0.15, 0.2) is 17.4 Å². The number of aromatic nitrogens is 1. The molecular weight excluding hydrogens is 387 g/mol. The standard InChI is InChI=1S/C16H8ClN2O4S.ClH/c1-23-16(22)10-6-9-13(20)12(11(17)14(21)15(9)24-10)19-4-2-8(7-18)3-5-19;/h2-6H,1H3;1H/q+1;/p-1. The van der Waals surface area contributed by atoms with Crippen molar-refractivity contribution in [3.63, 3.8) is 0 Å². The lowest BCUT2D eigenvalue weighted by atomic mass is 9.99. The average molecular weight is 395 g/mol. The Balaban J connectivity index is 0.00000225. The van der Waals surface area contributed by atoms with Crippen molar-refractivity contribution in [3.05, 3.63) is 56.5 Å². The van der Waals surface area contributed by atoms with E-state index in [9.17, 15) is 14.4 Å². The highest BCUT2D eigenvalue weighted by molar-refractivity contribution is 7.16. The first-order valence-corrected chi connectivity index (χ1v) is 7.80. The van der Waals surface area contributed by atoms with E-state index in [0.717, 1.165) is 11.3 Å². The molecule has 0 spiro atoms. The Labute approximate surface area is 157 Å². The molecule has 2 heterocycles. The highest BCUT2D eigenvalue weighted by atomic mass is 35.5. The van der Waals surface area contributed by atoms with E-state index in [-0.39, 0.29) is 38.5 Å². The molecule has 0 unspecified atom stereocenters. The Morgan fingerprint density at radius 2 is 1.92 bits per heavy atom. The van der Waals surface area contributed by atoms with Gasteiger partial charge in [-0.25, -0.2) is 4.79 Å². The quantitative estimate of drug-likeness (QED) is 0.490. The van der Waals surface area contributed by atoms with Crippen LogP contribution >= 0.6 is 22.9 Å². The van der Waals surface area contributed by atoms with Gasteiger partial charge in [-0.05, 0) is 6.07 Å². The maximum absolute atomic E-state index is 12.7. The minimum absolute atomic E-state index is 0. The van der Waals surface area contributed by atoms with Crippen LogP contribution in [0.25, 0.3) is 5.70 Å². The molecule has 3 rings (SSSR count). The molecule has 0 amide bonds. The molecule has 2 aromatic heterocycles. The molecule has 0 fully saturated rings. The molecule has 0 N–H and O–H groups in total. The molecular formula is C16H8Cl2N2O4S. The monoisotopic (exact) mass is 394 g/mol. The van der Waals surface area contributed by atoms with Crippen molar-refractivity contribution >= 4 is 46.2 Å². The van der Waals surface area contributed by atoms with E-state index in [1.165, 1.54) is 42.3 Å². The fourth-order valence-corrected chi connectivity index (χ4v) is 3.60. The van der Waals surface area contributed by atoms with E-state index in [1.807, 2.05) is 6.07 Å². The molecule has 0 aromatic carbocycles. The van der Waals surface area contributed by atoms with Crippen molar-refractivity contribution in [1.29, 1.82) is 5.26 Å². The zero-order valence-corrected chi connectivity index (χ0v) is 14.9. The number of hydrogen-bond acceptors (Lipinski definition) is 6. The number of carbonyl (C=O) groups is 3. The number of pyridine rings is 1. The van der Waals surface area contributed by atoms with Gasteiger partial charge in [0.25, 0.3) is 11.5 Å². The van der Waals surface area contributed by atoms with Gasteiger partial charge in [0, 0.05) is 12.1 Å². The molecule has 25 heavy (non-hydrogen) atoms. The number of hydrogen-bond donors (Lipinski definition) is 0. The van der Waals surface area contributed by atoms with E-state index in [0.29, 0.717) is 5.56 Å². The predicted octanol–water partition coefficient (Wildman–Crippen LogP) is -0.816. The van der Waals surface area contributed by atoms with Crippen molar-refractivity contribution in [2.24, 2.45) is 0 Å². The largest absolute Gasteiger partial charge is 1.00 e. The van der Waals surface area contributed by atoms with Gasteiger partial charge in [0.1, 0.15) is 4.88 Å². The van der Waals surface area contributed by atoms with Crippen LogP contribution in [-0.4, -0.2) is 24.6 Å². The van der Waals surface area contributed by atoms with E-state index in [4.69, 9.17) is 16.9 Å². The summed E-state index contributed by atoms with van der Waals surface area (Å²) in [5.74, 6) is -1.63. The SMILES string of the molecule is COC(=O)c1cc2c(s1)C(=O)C(Cl)=C([n+]1ccc(C#N)cc1)C2=O.[Cl-]. The van der Waals surface area contributed by atoms with Gasteiger partial charge in [-0.2, -0.15) is 9.83 Å². The third-order valence-corrected chi connectivity index (χ3v) is 4.87. The molecule has 0 aliphatic heterocycles. The summed E-state index contributed by atoms with van der Waals surface area (Å²) < 4.78 is 5.99. The number of rotatable bonds is 2. The number of esters is 1. The molecule has 0 bridgehead atoms. The summed E-state index contributed by atoms with van der Waals surface area (Å²) in [6, 6.07) is 6.29. The number of carbonyl (C=O) groups excluding carboxylic acids is 3. The third-order valence-electron chi connectivity index (χ3n) is 3.41. The summed E-state index contributed by atoms with van der Waals surface area (Å²) in [4.78, 5) is 37.1. The minimum Gasteiger partial charge on any atom is -1.00 e. The average Bonchev–Trinajstić information content (AvgIpc) is 3.06. The fourth-order valence-electron chi connectivity index (χ4n) is 2.24. The van der Waals surface area contributed by atoms with E-state index in [2.05, 4.69) is 4.74 Å². The normalized spacial score (nSPS) is 13.0. The zero-order valence-electron chi connectivity index (χ0n) is 12.6. The minimum atomic E-state index is -0.626. The second-order valence-electron chi connectivity index (χ2n) is 4.77. The lowest BCUT2D eigenvalue weighted by Crippen LogP contribution is -3.00. The molecule has 6 nitrogen and oxygen atoms in total. The first kappa shape index (κ1) is 18.8. The van der Waals surface area contributed by atoms with Crippen molar-refractivity contribution in [2.75, 3.05) is 7.11 Å². The van der Waals surface area contributed by atoms with Crippen LogP contribution in [0.4, 0.5) is 0 Å². The van der Waals surface area contributed by atoms with Gasteiger partial charge >= 0.3 is 5.97 Å². The summed E-state index contributed by atoms with van der Waals surface area (Å²) in [6.45, 7) is 0. The fraction of sp³-hybridized carbons (Fsp3) is 0.0625. The van der Waals surface area contributed by atoms with Crippen molar-refractivity contribution < 1.29 is 36.1 Å². The van der Waals surface area contributed by atoms with E-state index < -0.39 is 17.5 Å². The van der Waals surface area contributed by atoms with Crippen molar-refractivity contribution in [2.45, 2.75) is 0 Å². The van der Waals surface area contributed by atoms with Gasteiger partial charge < -0.3 is 17.1 Å². The summed E-state index contributed by atoms with van der Waals surface area (Å²) in [6.07, 6.45) is 2.94. The highest BCUT2D eigenvalue weighted by Gasteiger charge is 2.40. The second kappa shape index (κ2) is 7.15. The van der Waals surface area contributed by atoms with Crippen molar-refractivity contribution in [1.82, 2.24) is 0 Å². The van der Waals surface area contributed by atoms with Crippen molar-refractivity contribution in [3.8, 4) is 6.07 Å². The van der Waals surface area contributed by atoms with Crippen LogP contribution in [0.5, 0.6) is 0 Å². The number of thiophene rings is 1. The Bertz CT molecular complexity index is 971. The predicted molar refractivity (Wildman–Crippen MR) is 84.7 cm³/mol. The van der Waals surface area contributed by atoms with Gasteiger partial charge in [0.2, 0.25) is 5.78 Å². The number of ether oxygens (including phenoxy) is 1. The Kier molecular flexibility index (Phi) is 5.38. The molecule has 1 aliphatic carbocycles. The molecule has 9 heteroatoms. The number of ketones is 2. The second-order valence-corrected chi connectivity index (χ2v) is 6.20. The van der Waals surface area contributed by atoms with Crippen LogP contribution in [0.1, 0.15) is 35.3 Å². The number of nitriles is 1. The van der Waals surface area contributed by atoms with Gasteiger partial charge in [0.05, 0.1) is 29.2 Å². The maximum atomic E-state index is 12.7. The summed E-state index contributed by atoms with van der Waals surface area (Å²) in [5.41, 5.74) is 0.497. The number of halogens is 2. The lowest BCUT2D eigenvalue weighted by Gasteiger charge is -2.09. The third kappa shape index (κ3) is 3.07. The number of methoxy groups -OCH3 is 1. The first-order chi connectivity index (χ1) is 11.5. The smallest absolute Gasteiger partial charge is 0.348 e. The van der Waals surface area contributed by atoms with Crippen LogP contribution in [0.3, 0.4) is 0 Å². The molecule has 126 valence electrons. The Morgan fingerprint density at radius 3 is 2.48 bits per heavy atom. The zero-order chi connectivity index (χ0) is 17.4. The van der Waals surface area contributed by atoms with Gasteiger partial charge in [-0.1, -0.05) is 11.6 Å². The molecule has 0 radical (unpaired) electrons. The van der Waals surface area contributed by atoms with E-state index >= 15 is 0 Å². The molecule has 0 saturated carbocycles. The number of nitrogens with zero attached hydrogens (tertiary/aromatic N) is 2. The van der Waals surface area contributed by atoms with Crippen LogP contribution in [0.2, 0.25) is 0 Å². The number of fused-ring (bicyclic) bond motifs is 1. The molecule has 0 atom stereocenters. The molecule has 2 aromatic rings. The first-order valence-electron chi connectivity index (χ1n) is 6.61. The van der Waals surface area contributed by atoms with Crippen LogP contribution in [0, 0.1) is 11.3 Å². The number of allylic oxidation sites excluding steroid dienone is 2. The van der Waals surface area contributed by atoms with E-state index in [1.54, 1.807) is 0 Å². The molecule has 1 aliphatic rings. The Hall–Kier alpha value is -2.53. The van der Waals surface area contributed by atoms with Crippen LogP contribution in [0.15, 0.2) is 35.6 Å². The van der Waals surface area contributed by atoms with Crippen LogP contribution in [-0.2, 0) is 4.74 Å². The lowest BCUT2D eigenvalue weighted by molar-refractivity contribution is -0.577. The maximum Gasteiger partial charge on any atom is 0.348 e. The molecule has 0 saturated heterocycles. The summed E-state index contributed by atoms with van der Waals surface area (Å²) >= 11 is 6.97. The van der Waals surface area contributed by atoms with Crippen LogP contribution < -0.4 is 17.0 Å². The number of Topliss-reactive ketones (excluding diaryl/α,β-unsaturated/α-hetero) is 2. The summed E-state index contributed by atoms with van der Waals surface area (Å²) in [7, 11) is 1.22. The Morgan fingerprint density at radius 1 is 1.28 bits per heavy atom.